The molecule has 176 valence electrons. The fraction of sp³-hybridized carbons (Fsp3) is 0.400. The van der Waals surface area contributed by atoms with E-state index in [2.05, 4.69) is 22.1 Å². The van der Waals surface area contributed by atoms with Crippen molar-refractivity contribution in [2.24, 2.45) is 5.92 Å². The number of aromatic nitrogens is 5. The molecular weight excluding hydrogens is 434 g/mol. The molecule has 0 radical (unpaired) electrons. The van der Waals surface area contributed by atoms with Crippen molar-refractivity contribution in [1.29, 1.82) is 0 Å². The number of nitrogens with one attached hydrogen (secondary N) is 1. The molecule has 9 heteroatoms. The van der Waals surface area contributed by atoms with E-state index < -0.39 is 11.5 Å². The SMILES string of the molecule is CCOC(=O)c1c(-n2ccc3nc4ccn([C@H]5CCCC[C@@H]5C)c(=O)c4cc3c2=O)n[nH]c1C. The van der Waals surface area contributed by atoms with Gasteiger partial charge in [-0.3, -0.25) is 19.3 Å². The van der Waals surface area contributed by atoms with Gasteiger partial charge in [0.05, 0.1) is 28.4 Å². The first kappa shape index (κ1) is 22.1. The zero-order valence-electron chi connectivity index (χ0n) is 19.5. The number of rotatable bonds is 4. The smallest absolute Gasteiger partial charge is 0.343 e. The highest BCUT2D eigenvalue weighted by Gasteiger charge is 2.25. The van der Waals surface area contributed by atoms with Crippen LogP contribution in [-0.4, -0.2) is 36.9 Å². The minimum absolute atomic E-state index is 0.136. The largest absolute Gasteiger partial charge is 0.462 e. The first-order valence-electron chi connectivity index (χ1n) is 11.7. The lowest BCUT2D eigenvalue weighted by Crippen LogP contribution is -2.30. The van der Waals surface area contributed by atoms with Gasteiger partial charge in [0.25, 0.3) is 11.1 Å². The molecule has 1 aliphatic rings. The maximum Gasteiger partial charge on any atom is 0.343 e. The maximum absolute atomic E-state index is 13.5. The predicted molar refractivity (Wildman–Crippen MR) is 129 cm³/mol. The average molecular weight is 462 g/mol. The molecule has 0 spiro atoms. The molecule has 4 heterocycles. The fourth-order valence-corrected chi connectivity index (χ4v) is 5.02. The second-order valence-corrected chi connectivity index (χ2v) is 8.97. The van der Waals surface area contributed by atoms with E-state index in [1.807, 2.05) is 12.3 Å². The Balaban J connectivity index is 1.69. The summed E-state index contributed by atoms with van der Waals surface area (Å²) in [6, 6.07) is 5.29. The van der Waals surface area contributed by atoms with Crippen LogP contribution >= 0.6 is 0 Å². The summed E-state index contributed by atoms with van der Waals surface area (Å²) in [6.45, 7) is 5.80. The summed E-state index contributed by atoms with van der Waals surface area (Å²) in [5.41, 5.74) is 1.18. The highest BCUT2D eigenvalue weighted by Crippen LogP contribution is 2.33. The maximum atomic E-state index is 13.5. The second kappa shape index (κ2) is 8.55. The van der Waals surface area contributed by atoms with Gasteiger partial charge in [-0.25, -0.2) is 9.78 Å². The number of pyridine rings is 3. The van der Waals surface area contributed by atoms with Gasteiger partial charge in [0.2, 0.25) is 0 Å². The van der Waals surface area contributed by atoms with Gasteiger partial charge < -0.3 is 9.30 Å². The van der Waals surface area contributed by atoms with Crippen LogP contribution < -0.4 is 11.1 Å². The summed E-state index contributed by atoms with van der Waals surface area (Å²) < 4.78 is 8.23. The van der Waals surface area contributed by atoms with Gasteiger partial charge in [0, 0.05) is 24.1 Å². The predicted octanol–water partition coefficient (Wildman–Crippen LogP) is 3.66. The lowest BCUT2D eigenvalue weighted by atomic mass is 9.85. The quantitative estimate of drug-likeness (QED) is 0.367. The summed E-state index contributed by atoms with van der Waals surface area (Å²) in [4.78, 5) is 44.0. The van der Waals surface area contributed by atoms with E-state index in [1.165, 1.54) is 17.2 Å². The van der Waals surface area contributed by atoms with Crippen molar-refractivity contribution >= 4 is 27.8 Å². The fourth-order valence-electron chi connectivity index (χ4n) is 5.02. The van der Waals surface area contributed by atoms with Crippen LogP contribution in [0.5, 0.6) is 0 Å². The third-order valence-corrected chi connectivity index (χ3v) is 6.83. The summed E-state index contributed by atoms with van der Waals surface area (Å²) >= 11 is 0. The molecule has 9 nitrogen and oxygen atoms in total. The third kappa shape index (κ3) is 3.52. The van der Waals surface area contributed by atoms with Crippen molar-refractivity contribution in [3.05, 3.63) is 62.6 Å². The summed E-state index contributed by atoms with van der Waals surface area (Å²) in [7, 11) is 0. The molecule has 1 saturated carbocycles. The molecule has 1 fully saturated rings. The van der Waals surface area contributed by atoms with Crippen LogP contribution in [0.4, 0.5) is 0 Å². The standard InChI is InChI=1S/C25H27N5O4/c1-4-34-25(33)21-15(3)27-28-22(21)30-12-10-19-17(24(30)32)13-16-18(26-19)9-11-29(23(16)31)20-8-6-5-7-14(20)2/h9-14,20H,4-8H2,1-3H3,(H,27,28)/t14-,20-/m0/s1. The highest BCUT2D eigenvalue weighted by molar-refractivity contribution is 5.95. The molecular formula is C25H27N5O4. The van der Waals surface area contributed by atoms with E-state index in [0.29, 0.717) is 28.0 Å². The molecule has 0 amide bonds. The van der Waals surface area contributed by atoms with Crippen LogP contribution in [0.15, 0.2) is 40.2 Å². The number of H-pyrrole nitrogens is 1. The number of ether oxygens (including phenoxy) is 1. The molecule has 0 aliphatic heterocycles. The van der Waals surface area contributed by atoms with Crippen molar-refractivity contribution in [1.82, 2.24) is 24.3 Å². The van der Waals surface area contributed by atoms with Gasteiger partial charge in [-0.05, 0) is 50.8 Å². The Labute approximate surface area is 195 Å². The normalized spacial score (nSPS) is 18.4. The van der Waals surface area contributed by atoms with Crippen LogP contribution in [-0.2, 0) is 4.74 Å². The van der Waals surface area contributed by atoms with Crippen molar-refractivity contribution in [2.75, 3.05) is 6.61 Å². The van der Waals surface area contributed by atoms with Gasteiger partial charge in [0.15, 0.2) is 5.82 Å². The number of carbonyl (C=O) groups is 1. The Morgan fingerprint density at radius 1 is 1.12 bits per heavy atom. The zero-order valence-corrected chi connectivity index (χ0v) is 19.5. The van der Waals surface area contributed by atoms with Crippen molar-refractivity contribution in [3.8, 4) is 5.82 Å². The summed E-state index contributed by atoms with van der Waals surface area (Å²) in [6.07, 6.45) is 7.72. The van der Waals surface area contributed by atoms with Gasteiger partial charge >= 0.3 is 5.97 Å². The number of aromatic amines is 1. The number of hydrogen-bond donors (Lipinski definition) is 1. The van der Waals surface area contributed by atoms with E-state index in [4.69, 9.17) is 4.74 Å². The molecule has 0 bridgehead atoms. The molecule has 0 aromatic carbocycles. The van der Waals surface area contributed by atoms with Gasteiger partial charge in [-0.2, -0.15) is 5.10 Å². The molecule has 4 aromatic heterocycles. The molecule has 1 aliphatic carbocycles. The molecule has 5 rings (SSSR count). The summed E-state index contributed by atoms with van der Waals surface area (Å²) in [5, 5.41) is 7.63. The molecule has 0 saturated heterocycles. The molecule has 0 unspecified atom stereocenters. The third-order valence-electron chi connectivity index (χ3n) is 6.83. The van der Waals surface area contributed by atoms with Gasteiger partial charge in [-0.1, -0.05) is 19.8 Å². The Hall–Kier alpha value is -3.75. The Morgan fingerprint density at radius 2 is 1.82 bits per heavy atom. The minimum Gasteiger partial charge on any atom is -0.462 e. The van der Waals surface area contributed by atoms with Gasteiger partial charge in [0.1, 0.15) is 5.56 Å². The Morgan fingerprint density at radius 3 is 2.56 bits per heavy atom. The summed E-state index contributed by atoms with van der Waals surface area (Å²) in [5.74, 6) is 0.0140. The molecule has 1 N–H and O–H groups in total. The number of nitrogens with zero attached hydrogens (tertiary/aromatic N) is 4. The Bertz CT molecular complexity index is 1530. The van der Waals surface area contributed by atoms with Crippen LogP contribution in [0.1, 0.15) is 61.6 Å². The van der Waals surface area contributed by atoms with Crippen LogP contribution in [0, 0.1) is 12.8 Å². The highest BCUT2D eigenvalue weighted by atomic mass is 16.5. The molecule has 34 heavy (non-hydrogen) atoms. The number of carbonyl (C=O) groups excluding carboxylic acids is 1. The van der Waals surface area contributed by atoms with Crippen molar-refractivity contribution in [2.45, 2.75) is 52.5 Å². The van der Waals surface area contributed by atoms with E-state index in [1.54, 1.807) is 30.5 Å². The first-order valence-corrected chi connectivity index (χ1v) is 11.7. The second-order valence-electron chi connectivity index (χ2n) is 8.97. The Kier molecular flexibility index (Phi) is 5.55. The van der Waals surface area contributed by atoms with Gasteiger partial charge in [-0.15, -0.1) is 0 Å². The van der Waals surface area contributed by atoms with Crippen LogP contribution in [0.25, 0.3) is 27.6 Å². The number of hydrogen-bond acceptors (Lipinski definition) is 6. The number of esters is 1. The van der Waals surface area contributed by atoms with Crippen LogP contribution in [0.3, 0.4) is 0 Å². The topological polar surface area (TPSA) is 112 Å². The monoisotopic (exact) mass is 461 g/mol. The zero-order chi connectivity index (χ0) is 24.0. The minimum atomic E-state index is -0.558. The van der Waals surface area contributed by atoms with E-state index in [0.717, 1.165) is 19.3 Å². The van der Waals surface area contributed by atoms with Crippen LogP contribution in [0.2, 0.25) is 0 Å². The van der Waals surface area contributed by atoms with E-state index in [-0.39, 0.29) is 35.0 Å². The first-order chi connectivity index (χ1) is 16.4. The molecule has 4 aromatic rings. The number of fused-ring (bicyclic) bond motifs is 2. The number of aryl methyl sites for hydroxylation is 1. The average Bonchev–Trinajstić information content (AvgIpc) is 3.21. The van der Waals surface area contributed by atoms with Crippen molar-refractivity contribution < 1.29 is 9.53 Å². The molecule has 2 atom stereocenters. The van der Waals surface area contributed by atoms with E-state index in [9.17, 15) is 14.4 Å². The van der Waals surface area contributed by atoms with Crippen molar-refractivity contribution in [3.63, 3.8) is 0 Å². The lowest BCUT2D eigenvalue weighted by molar-refractivity contribution is 0.0525. The van der Waals surface area contributed by atoms with E-state index >= 15 is 0 Å². The lowest BCUT2D eigenvalue weighted by Gasteiger charge is -2.30.